The van der Waals surface area contributed by atoms with Gasteiger partial charge in [0.05, 0.1) is 10.6 Å². The van der Waals surface area contributed by atoms with Crippen LogP contribution in [0.1, 0.15) is 63.1 Å². The zero-order valence-corrected chi connectivity index (χ0v) is 18.9. The monoisotopic (exact) mass is 460 g/mol. The maximum atomic E-state index is 12.9. The number of hydrazone groups is 1. The number of nitro groups is 1. The van der Waals surface area contributed by atoms with E-state index in [1.54, 1.807) is 6.92 Å². The summed E-state index contributed by atoms with van der Waals surface area (Å²) in [5, 5.41) is 17.9. The van der Waals surface area contributed by atoms with Crippen LogP contribution in [0, 0.1) is 17.0 Å². The van der Waals surface area contributed by atoms with Crippen molar-refractivity contribution in [3.8, 4) is 0 Å². The highest BCUT2D eigenvalue weighted by atomic mass is 16.6. The second kappa shape index (κ2) is 9.70. The highest BCUT2D eigenvalue weighted by Gasteiger charge is 2.28. The molecule has 4 rings (SSSR count). The fraction of sp³-hybridized carbons (Fsp3) is 0.240. The number of nitro benzene ring substituents is 1. The Hall–Kier alpha value is -4.27. The number of amides is 2. The van der Waals surface area contributed by atoms with Crippen molar-refractivity contribution in [1.82, 2.24) is 5.43 Å². The molecule has 1 aliphatic rings. The van der Waals surface area contributed by atoms with Crippen molar-refractivity contribution in [1.29, 1.82) is 0 Å². The van der Waals surface area contributed by atoms with E-state index in [-0.39, 0.29) is 22.9 Å². The summed E-state index contributed by atoms with van der Waals surface area (Å²) >= 11 is 0. The summed E-state index contributed by atoms with van der Waals surface area (Å²) in [4.78, 5) is 35.6. The molecule has 9 nitrogen and oxygen atoms in total. The van der Waals surface area contributed by atoms with Gasteiger partial charge in [0.25, 0.3) is 17.5 Å². The summed E-state index contributed by atoms with van der Waals surface area (Å²) < 4.78 is 5.90. The number of nitrogens with one attached hydrogen (secondary N) is 2. The molecule has 0 unspecified atom stereocenters. The van der Waals surface area contributed by atoms with Crippen LogP contribution in [-0.2, 0) is 12.8 Å². The predicted octanol–water partition coefficient (Wildman–Crippen LogP) is 4.78. The van der Waals surface area contributed by atoms with Crippen LogP contribution >= 0.6 is 0 Å². The van der Waals surface area contributed by atoms with Crippen molar-refractivity contribution in [2.45, 2.75) is 39.5 Å². The molecule has 34 heavy (non-hydrogen) atoms. The molecule has 1 aliphatic carbocycles. The van der Waals surface area contributed by atoms with E-state index in [9.17, 15) is 19.7 Å². The molecular weight excluding hydrogens is 436 g/mol. The number of anilines is 1. The average Bonchev–Trinajstić information content (AvgIpc) is 3.20. The summed E-state index contributed by atoms with van der Waals surface area (Å²) in [6, 6.07) is 12.9. The number of fused-ring (bicyclic) bond motifs is 1. The Bertz CT molecular complexity index is 1270. The lowest BCUT2D eigenvalue weighted by Gasteiger charge is -2.13. The molecule has 3 aromatic rings. The molecule has 0 bridgehead atoms. The van der Waals surface area contributed by atoms with Crippen LogP contribution in [0.4, 0.5) is 11.4 Å². The van der Waals surface area contributed by atoms with Crippen LogP contribution in [-0.4, -0.2) is 22.4 Å². The molecule has 2 amide bonds. The first-order chi connectivity index (χ1) is 16.4. The van der Waals surface area contributed by atoms with E-state index >= 15 is 0 Å². The van der Waals surface area contributed by atoms with Gasteiger partial charge in [-0.05, 0) is 56.0 Å². The van der Waals surface area contributed by atoms with Gasteiger partial charge >= 0.3 is 0 Å². The van der Waals surface area contributed by atoms with Gasteiger partial charge in [-0.25, -0.2) is 5.43 Å². The molecule has 1 heterocycles. The van der Waals surface area contributed by atoms with E-state index in [0.717, 1.165) is 18.4 Å². The number of furan rings is 1. The van der Waals surface area contributed by atoms with Gasteiger partial charge in [-0.2, -0.15) is 5.10 Å². The van der Waals surface area contributed by atoms with Crippen LogP contribution in [0.2, 0.25) is 0 Å². The Morgan fingerprint density at radius 1 is 1.06 bits per heavy atom. The number of hydrogen-bond donors (Lipinski definition) is 2. The van der Waals surface area contributed by atoms with Crippen molar-refractivity contribution in [2.75, 3.05) is 5.32 Å². The second-order valence-electron chi connectivity index (χ2n) is 8.02. The van der Waals surface area contributed by atoms with Crippen LogP contribution in [0.25, 0.3) is 0 Å². The van der Waals surface area contributed by atoms with Gasteiger partial charge < -0.3 is 9.73 Å². The van der Waals surface area contributed by atoms with Gasteiger partial charge in [0, 0.05) is 40.9 Å². The number of non-ortho nitro benzene ring substituents is 1. The van der Waals surface area contributed by atoms with E-state index < -0.39 is 10.8 Å². The smallest absolute Gasteiger partial charge is 0.291 e. The van der Waals surface area contributed by atoms with Gasteiger partial charge in [-0.1, -0.05) is 19.1 Å². The topological polar surface area (TPSA) is 127 Å². The summed E-state index contributed by atoms with van der Waals surface area (Å²) in [6.07, 6.45) is 2.98. The first-order valence-electron chi connectivity index (χ1n) is 11.0. The maximum absolute atomic E-state index is 12.9. The SMILES string of the molecule is CCc1ccc(NC(=O)c2oc3c(c2C)/C(=N/NC(=O)c2ccc([N+](=O)[O-])cc2)CCC3)cc1. The first-order valence-corrected chi connectivity index (χ1v) is 11.0. The number of carbonyl (C=O) groups excluding carboxylic acids is 2. The lowest BCUT2D eigenvalue weighted by atomic mass is 9.93. The molecule has 1 aromatic heterocycles. The Morgan fingerprint density at radius 2 is 1.76 bits per heavy atom. The standard InChI is InChI=1S/C25H24N4O5/c1-3-16-7-11-18(12-8-16)26-25(31)23-15(2)22-20(5-4-6-21(22)34-23)27-28-24(30)17-9-13-19(14-10-17)29(32)33/h7-14H,3-6H2,1-2H3,(H,26,31)(H,28,30)/b27-20+. The van der Waals surface area contributed by atoms with Crippen LogP contribution in [0.15, 0.2) is 58.0 Å². The molecule has 0 saturated heterocycles. The van der Waals surface area contributed by atoms with Crippen LogP contribution in [0.5, 0.6) is 0 Å². The molecule has 0 aliphatic heterocycles. The number of benzene rings is 2. The highest BCUT2D eigenvalue weighted by Crippen LogP contribution is 2.30. The average molecular weight is 460 g/mol. The minimum atomic E-state index is -0.527. The molecule has 9 heteroatoms. The lowest BCUT2D eigenvalue weighted by Crippen LogP contribution is -2.22. The Balaban J connectivity index is 1.52. The molecule has 2 N–H and O–H groups in total. The summed E-state index contributed by atoms with van der Waals surface area (Å²) in [5.41, 5.74) is 6.56. The fourth-order valence-corrected chi connectivity index (χ4v) is 3.93. The second-order valence-corrected chi connectivity index (χ2v) is 8.02. The van der Waals surface area contributed by atoms with Crippen molar-refractivity contribution in [3.63, 3.8) is 0 Å². The van der Waals surface area contributed by atoms with Crippen LogP contribution < -0.4 is 10.7 Å². The molecular formula is C25H24N4O5. The van der Waals surface area contributed by atoms with Gasteiger partial charge in [0.15, 0.2) is 5.76 Å². The zero-order valence-electron chi connectivity index (χ0n) is 18.9. The summed E-state index contributed by atoms with van der Waals surface area (Å²) in [5.74, 6) is 0.0639. The normalized spacial score (nSPS) is 13.9. The van der Waals surface area contributed by atoms with E-state index in [1.165, 1.54) is 29.8 Å². The quantitative estimate of drug-likeness (QED) is 0.404. The fourth-order valence-electron chi connectivity index (χ4n) is 3.93. The van der Waals surface area contributed by atoms with Crippen molar-refractivity contribution < 1.29 is 18.9 Å². The predicted molar refractivity (Wildman–Crippen MR) is 127 cm³/mol. The summed E-state index contributed by atoms with van der Waals surface area (Å²) in [6.45, 7) is 3.87. The molecule has 0 saturated carbocycles. The highest BCUT2D eigenvalue weighted by molar-refractivity contribution is 6.09. The minimum absolute atomic E-state index is 0.0964. The van der Waals surface area contributed by atoms with E-state index in [1.807, 2.05) is 24.3 Å². The first kappa shape index (κ1) is 22.9. The molecule has 174 valence electrons. The van der Waals surface area contributed by atoms with Crippen molar-refractivity contribution in [3.05, 3.63) is 92.4 Å². The third-order valence-electron chi connectivity index (χ3n) is 5.78. The molecule has 0 fully saturated rings. The molecule has 2 aromatic carbocycles. The van der Waals surface area contributed by atoms with Gasteiger partial charge in [-0.15, -0.1) is 0 Å². The van der Waals surface area contributed by atoms with Gasteiger partial charge in [0.1, 0.15) is 5.76 Å². The summed E-state index contributed by atoms with van der Waals surface area (Å²) in [7, 11) is 0. The largest absolute Gasteiger partial charge is 0.455 e. The minimum Gasteiger partial charge on any atom is -0.455 e. The van der Waals surface area contributed by atoms with Crippen molar-refractivity contribution in [2.24, 2.45) is 5.10 Å². The van der Waals surface area contributed by atoms with E-state index in [2.05, 4.69) is 22.8 Å². The van der Waals surface area contributed by atoms with Crippen molar-refractivity contribution >= 4 is 28.9 Å². The third kappa shape index (κ3) is 4.73. The number of hydrogen-bond acceptors (Lipinski definition) is 6. The number of aryl methyl sites for hydroxylation is 2. The maximum Gasteiger partial charge on any atom is 0.291 e. The zero-order chi connectivity index (χ0) is 24.2. The molecule has 0 radical (unpaired) electrons. The van der Waals surface area contributed by atoms with Gasteiger partial charge in [-0.3, -0.25) is 19.7 Å². The lowest BCUT2D eigenvalue weighted by molar-refractivity contribution is -0.384. The number of carbonyl (C=O) groups is 2. The number of nitrogens with zero attached hydrogens (tertiary/aromatic N) is 2. The third-order valence-corrected chi connectivity index (χ3v) is 5.78. The Kier molecular flexibility index (Phi) is 6.53. The Morgan fingerprint density at radius 3 is 2.41 bits per heavy atom. The van der Waals surface area contributed by atoms with Gasteiger partial charge in [0.2, 0.25) is 0 Å². The Labute approximate surface area is 196 Å². The van der Waals surface area contributed by atoms with E-state index in [4.69, 9.17) is 4.42 Å². The van der Waals surface area contributed by atoms with E-state index in [0.29, 0.717) is 35.6 Å². The molecule has 0 atom stereocenters. The molecule has 0 spiro atoms. The van der Waals surface area contributed by atoms with Crippen LogP contribution in [0.3, 0.4) is 0 Å². The number of rotatable bonds is 6.